The summed E-state index contributed by atoms with van der Waals surface area (Å²) in [6.07, 6.45) is -0.334. The first-order chi connectivity index (χ1) is 50.4. The molecule has 0 aromatic heterocycles. The first-order valence-electron chi connectivity index (χ1n) is 39.1. The van der Waals surface area contributed by atoms with Gasteiger partial charge in [-0.05, 0) is 271 Å². The van der Waals surface area contributed by atoms with Gasteiger partial charge in [0.15, 0.2) is 0 Å². The van der Waals surface area contributed by atoms with Crippen LogP contribution in [0.1, 0.15) is 187 Å². The lowest BCUT2D eigenvalue weighted by Gasteiger charge is -2.40. The second kappa shape index (κ2) is 27.1. The van der Waals surface area contributed by atoms with Gasteiger partial charge in [0.25, 0.3) is 0 Å². The molecule has 516 valence electrons. The molecular formula is C99H105N3. The molecule has 0 heterocycles. The average Bonchev–Trinajstić information content (AvgIpc) is 1.61. The smallest absolute Gasteiger partial charge is 0.0454 e. The summed E-state index contributed by atoms with van der Waals surface area (Å²) >= 11 is 0. The molecule has 0 fully saturated rings. The van der Waals surface area contributed by atoms with Gasteiger partial charge in [-0.25, -0.2) is 0 Å². The zero-order chi connectivity index (χ0) is 76.7. The van der Waals surface area contributed by atoms with Crippen LogP contribution in [0.15, 0.2) is 273 Å². The van der Waals surface area contributed by atoms with Gasteiger partial charge in [0.05, 0.1) is 0 Å². The molecule has 3 heteroatoms. The first-order valence-corrected chi connectivity index (χ1v) is 36.5. The summed E-state index contributed by atoms with van der Waals surface area (Å²) in [6.45, 7) is 37.4. The molecule has 102 heavy (non-hydrogen) atoms. The van der Waals surface area contributed by atoms with Crippen molar-refractivity contribution in [3.8, 4) is 66.8 Å². The minimum Gasteiger partial charge on any atom is -0.336 e. The minimum absolute atomic E-state index is 0.0782. The Bertz CT molecular complexity index is 4990. The van der Waals surface area contributed by atoms with Gasteiger partial charge < -0.3 is 14.7 Å². The lowest BCUT2D eigenvalue weighted by Crippen LogP contribution is -2.38. The van der Waals surface area contributed by atoms with Crippen LogP contribution in [0.25, 0.3) is 66.8 Å². The highest BCUT2D eigenvalue weighted by molar-refractivity contribution is 5.89. The van der Waals surface area contributed by atoms with Crippen LogP contribution in [-0.2, 0) is 22.6 Å². The normalized spacial score (nSPS) is 15.3. The van der Waals surface area contributed by atoms with E-state index in [9.17, 15) is 0 Å². The van der Waals surface area contributed by atoms with Crippen LogP contribution in [0, 0.1) is 6.85 Å². The van der Waals surface area contributed by atoms with Crippen LogP contribution in [-0.4, -0.2) is 16.6 Å². The monoisotopic (exact) mass is 1340 g/mol. The SMILES string of the molecule is [2H]C(C)(C)c1cc2c(cc1N(c1ccc(-c3ccccc3)cc1)C(C)(C)C)C(C)(C)c1ccccc1-2.[2H]C(C)c1cc2c(cc1N(c1ccc(-c3ccccc3)cc1)C(C)(C)C)C(C)(C)c1ccccc1-2.[2H]C([2H])([2H])c1cc2c(cc1N(c1ccc(-c3ccccc3)cc1)C(C)(C)C)C(C)(C)c1ccccc1-2. The van der Waals surface area contributed by atoms with Gasteiger partial charge in [-0.15, -0.1) is 0 Å². The molecule has 1 unspecified atom stereocenters. The van der Waals surface area contributed by atoms with E-state index in [4.69, 9.17) is 6.85 Å². The molecule has 12 aromatic carbocycles. The van der Waals surface area contributed by atoms with E-state index in [-0.39, 0.29) is 39.3 Å². The number of fused-ring (bicyclic) bond motifs is 9. The molecule has 3 nitrogen and oxygen atoms in total. The largest absolute Gasteiger partial charge is 0.336 e. The van der Waals surface area contributed by atoms with Crippen LogP contribution in [0.3, 0.4) is 0 Å². The number of aryl methyl sites for hydroxylation is 2. The van der Waals surface area contributed by atoms with E-state index in [1.165, 1.54) is 77.9 Å². The molecule has 3 aliphatic rings. The third kappa shape index (κ3) is 13.1. The van der Waals surface area contributed by atoms with Crippen LogP contribution in [0.4, 0.5) is 34.1 Å². The van der Waals surface area contributed by atoms with Crippen molar-refractivity contribution in [1.82, 2.24) is 0 Å². The van der Waals surface area contributed by atoms with Crippen LogP contribution >= 0.6 is 0 Å². The zero-order valence-corrected chi connectivity index (χ0v) is 63.4. The van der Waals surface area contributed by atoms with Crippen molar-refractivity contribution in [2.24, 2.45) is 0 Å². The Balaban J connectivity index is 0.000000142. The maximum absolute atomic E-state index is 9.14. The quantitative estimate of drug-likeness (QED) is 0.128. The van der Waals surface area contributed by atoms with E-state index in [1.54, 1.807) is 0 Å². The third-order valence-corrected chi connectivity index (χ3v) is 21.4. The Hall–Kier alpha value is -9.96. The summed E-state index contributed by atoms with van der Waals surface area (Å²) in [5.41, 5.74) is 29.9. The molecule has 0 saturated carbocycles. The van der Waals surface area contributed by atoms with E-state index < -0.39 is 12.7 Å². The summed E-state index contributed by atoms with van der Waals surface area (Å²) in [4.78, 5) is 7.02. The molecule has 0 saturated heterocycles. The minimum atomic E-state index is -2.25. The van der Waals surface area contributed by atoms with E-state index in [2.05, 4.69) is 361 Å². The Morgan fingerprint density at radius 1 is 0.324 bits per heavy atom. The second-order valence-corrected chi connectivity index (χ2v) is 32.8. The average molecular weight is 1340 g/mol. The predicted molar refractivity (Wildman–Crippen MR) is 442 cm³/mol. The summed E-state index contributed by atoms with van der Waals surface area (Å²) < 4.78 is 43.3. The van der Waals surface area contributed by atoms with Crippen LogP contribution in [0.2, 0.25) is 0 Å². The fourth-order valence-corrected chi connectivity index (χ4v) is 16.4. The highest BCUT2D eigenvalue weighted by Gasteiger charge is 2.41. The molecule has 0 bridgehead atoms. The summed E-state index contributed by atoms with van der Waals surface area (Å²) in [5.74, 6) is -0.750. The van der Waals surface area contributed by atoms with Crippen molar-refractivity contribution < 1.29 is 6.85 Å². The maximum atomic E-state index is 9.14. The number of anilines is 6. The molecule has 12 aromatic rings. The molecule has 3 aliphatic carbocycles. The number of hydrogen-bond acceptors (Lipinski definition) is 3. The molecule has 0 aliphatic heterocycles. The lowest BCUT2D eigenvalue weighted by atomic mass is 9.81. The Kier molecular flexibility index (Phi) is 17.0. The number of hydrogen-bond donors (Lipinski definition) is 0. The summed E-state index contributed by atoms with van der Waals surface area (Å²) in [6, 6.07) is 96.7. The molecule has 15 rings (SSSR count). The van der Waals surface area contributed by atoms with Crippen molar-refractivity contribution >= 4 is 34.1 Å². The summed E-state index contributed by atoms with van der Waals surface area (Å²) in [7, 11) is 0. The van der Waals surface area contributed by atoms with Gasteiger partial charge in [-0.3, -0.25) is 0 Å². The van der Waals surface area contributed by atoms with E-state index in [0.717, 1.165) is 67.5 Å². The maximum Gasteiger partial charge on any atom is 0.0454 e. The standard InChI is InChI=1S/C34H37N.C33H35N.C32H33N/c1-23(2)28-21-29-27-15-11-12-16-30(27)34(6,7)31(29)22-32(28)35(33(3,4)5)26-19-17-25(18-20-26)24-13-9-8-10-14-24;1-7-23-21-28-27-15-11-12-16-29(27)33(5,6)30(28)22-31(23)34(32(2,3)4)26-19-17-25(18-20-26)24-13-9-8-10-14-24;1-22-20-27-26-14-10-11-15-28(26)32(5,6)29(27)21-30(22)33(31(2,3)4)25-18-16-24(17-19-25)23-12-8-7-9-13-23/h8-23H,1-7H3;8-22H,7H2,1-6H3;7-21H,1-6H3/i23D;7D;1D3. The number of nitrogens with zero attached hydrogens (tertiary/aromatic N) is 3. The van der Waals surface area contributed by atoms with E-state index >= 15 is 0 Å². The fraction of sp³-hybridized carbons (Fsp3) is 0.273. The Labute approximate surface area is 618 Å². The first kappa shape index (κ1) is 64.2. The molecule has 0 radical (unpaired) electrons. The third-order valence-electron chi connectivity index (χ3n) is 21.4. The van der Waals surface area contributed by atoms with Crippen molar-refractivity contribution in [3.63, 3.8) is 0 Å². The van der Waals surface area contributed by atoms with Crippen molar-refractivity contribution in [2.75, 3.05) is 14.7 Å². The highest BCUT2D eigenvalue weighted by atomic mass is 15.2. The molecule has 0 N–H and O–H groups in total. The van der Waals surface area contributed by atoms with E-state index in [0.29, 0.717) is 5.56 Å². The second-order valence-electron chi connectivity index (χ2n) is 32.8. The molecule has 0 amide bonds. The van der Waals surface area contributed by atoms with Crippen molar-refractivity contribution in [2.45, 2.75) is 177 Å². The predicted octanol–water partition coefficient (Wildman–Crippen LogP) is 27.8. The van der Waals surface area contributed by atoms with Crippen LogP contribution < -0.4 is 14.7 Å². The Morgan fingerprint density at radius 3 is 0.941 bits per heavy atom. The molecule has 0 spiro atoms. The number of benzene rings is 12. The fourth-order valence-electron chi connectivity index (χ4n) is 16.4. The van der Waals surface area contributed by atoms with Crippen LogP contribution in [0.5, 0.6) is 0 Å². The number of rotatable bonds is 11. The molecule has 1 atom stereocenters. The van der Waals surface area contributed by atoms with Gasteiger partial charge in [-0.2, -0.15) is 0 Å². The van der Waals surface area contributed by atoms with Gasteiger partial charge >= 0.3 is 0 Å². The van der Waals surface area contributed by atoms with Gasteiger partial charge in [0.1, 0.15) is 0 Å². The highest BCUT2D eigenvalue weighted by Crippen LogP contribution is 2.56. The Morgan fingerprint density at radius 2 is 0.608 bits per heavy atom. The van der Waals surface area contributed by atoms with Gasteiger partial charge in [0, 0.05) is 73.8 Å². The van der Waals surface area contributed by atoms with Crippen molar-refractivity contribution in [1.29, 1.82) is 0 Å². The van der Waals surface area contributed by atoms with Gasteiger partial charge in [0.2, 0.25) is 0 Å². The summed E-state index contributed by atoms with van der Waals surface area (Å²) in [5, 5.41) is 0. The topological polar surface area (TPSA) is 9.72 Å². The van der Waals surface area contributed by atoms with E-state index in [1.807, 2.05) is 51.1 Å². The lowest BCUT2D eigenvalue weighted by molar-refractivity contribution is 0.556. The molecular weight excluding hydrogens is 1230 g/mol. The van der Waals surface area contributed by atoms with Crippen molar-refractivity contribution in [3.05, 3.63) is 323 Å². The van der Waals surface area contributed by atoms with Gasteiger partial charge in [-0.1, -0.05) is 263 Å². The zero-order valence-electron chi connectivity index (χ0n) is 68.4.